The zero-order chi connectivity index (χ0) is 18.8. The molecule has 0 atom stereocenters. The van der Waals surface area contributed by atoms with E-state index < -0.39 is 23.3 Å². The molecule has 9 heteroatoms. The van der Waals surface area contributed by atoms with Crippen LogP contribution in [0.4, 0.5) is 23.7 Å². The molecule has 2 aromatic rings. The SMILES string of the molecule is Cc1noc(C2(NC(=O)Nc3ccccc3C(F)(F)F)CCCCC2)n1. The number of carbonyl (C=O) groups is 1. The van der Waals surface area contributed by atoms with E-state index in [1.807, 2.05) is 0 Å². The highest BCUT2D eigenvalue weighted by Gasteiger charge is 2.41. The van der Waals surface area contributed by atoms with Gasteiger partial charge in [0.05, 0.1) is 11.3 Å². The Morgan fingerprint density at radius 3 is 2.50 bits per heavy atom. The molecule has 26 heavy (non-hydrogen) atoms. The topological polar surface area (TPSA) is 80.0 Å². The van der Waals surface area contributed by atoms with E-state index >= 15 is 0 Å². The first kappa shape index (κ1) is 18.2. The van der Waals surface area contributed by atoms with Gasteiger partial charge in [-0.25, -0.2) is 4.79 Å². The Morgan fingerprint density at radius 1 is 1.19 bits per heavy atom. The number of rotatable bonds is 3. The van der Waals surface area contributed by atoms with Gasteiger partial charge in [0, 0.05) is 0 Å². The number of aryl methyl sites for hydroxylation is 1. The summed E-state index contributed by atoms with van der Waals surface area (Å²) in [7, 11) is 0. The molecule has 0 aliphatic heterocycles. The van der Waals surface area contributed by atoms with E-state index in [2.05, 4.69) is 20.8 Å². The molecule has 1 heterocycles. The molecule has 0 spiro atoms. The number of amides is 2. The second-order valence-corrected chi connectivity index (χ2v) is 6.41. The Morgan fingerprint density at radius 2 is 1.88 bits per heavy atom. The van der Waals surface area contributed by atoms with Crippen molar-refractivity contribution in [3.05, 3.63) is 41.5 Å². The Hall–Kier alpha value is -2.58. The van der Waals surface area contributed by atoms with Crippen molar-refractivity contribution in [1.82, 2.24) is 15.5 Å². The van der Waals surface area contributed by atoms with Gasteiger partial charge in [-0.1, -0.05) is 36.6 Å². The van der Waals surface area contributed by atoms with Crippen LogP contribution in [-0.4, -0.2) is 16.2 Å². The lowest BCUT2D eigenvalue weighted by atomic mass is 9.81. The summed E-state index contributed by atoms with van der Waals surface area (Å²) in [4.78, 5) is 16.7. The number of nitrogens with zero attached hydrogens (tertiary/aromatic N) is 2. The fourth-order valence-corrected chi connectivity index (χ4v) is 3.25. The van der Waals surface area contributed by atoms with E-state index in [-0.39, 0.29) is 11.6 Å². The minimum absolute atomic E-state index is 0.286. The quantitative estimate of drug-likeness (QED) is 0.843. The van der Waals surface area contributed by atoms with Crippen LogP contribution in [0.3, 0.4) is 0 Å². The number of hydrogen-bond donors (Lipinski definition) is 2. The lowest BCUT2D eigenvalue weighted by Crippen LogP contribution is -2.49. The maximum atomic E-state index is 13.1. The molecule has 1 aromatic heterocycles. The third-order valence-corrected chi connectivity index (χ3v) is 4.48. The molecule has 2 N–H and O–H groups in total. The molecule has 1 aliphatic rings. The predicted molar refractivity (Wildman–Crippen MR) is 87.4 cm³/mol. The van der Waals surface area contributed by atoms with Crippen LogP contribution in [-0.2, 0) is 11.7 Å². The van der Waals surface area contributed by atoms with E-state index in [0.717, 1.165) is 25.3 Å². The number of halogens is 3. The summed E-state index contributed by atoms with van der Waals surface area (Å²) in [6.07, 6.45) is -0.682. The molecule has 0 radical (unpaired) electrons. The van der Waals surface area contributed by atoms with Crippen molar-refractivity contribution in [3.63, 3.8) is 0 Å². The van der Waals surface area contributed by atoms with Gasteiger partial charge in [-0.2, -0.15) is 18.2 Å². The normalized spacial score (nSPS) is 16.9. The van der Waals surface area contributed by atoms with Crippen LogP contribution in [0.5, 0.6) is 0 Å². The van der Waals surface area contributed by atoms with Crippen molar-refractivity contribution in [2.24, 2.45) is 0 Å². The summed E-state index contributed by atoms with van der Waals surface area (Å²) >= 11 is 0. The van der Waals surface area contributed by atoms with Gasteiger partial charge in [0.15, 0.2) is 5.82 Å². The average Bonchev–Trinajstić information content (AvgIpc) is 3.02. The maximum Gasteiger partial charge on any atom is 0.418 e. The molecule has 3 rings (SSSR count). The number of aromatic nitrogens is 2. The number of anilines is 1. The highest BCUT2D eigenvalue weighted by molar-refractivity contribution is 5.90. The summed E-state index contributed by atoms with van der Waals surface area (Å²) in [6.45, 7) is 1.67. The van der Waals surface area contributed by atoms with Gasteiger partial charge in [0.2, 0.25) is 0 Å². The average molecular weight is 368 g/mol. The molecule has 0 saturated heterocycles. The van der Waals surface area contributed by atoms with Crippen LogP contribution in [0.15, 0.2) is 28.8 Å². The van der Waals surface area contributed by atoms with Crippen LogP contribution in [0.25, 0.3) is 0 Å². The number of urea groups is 1. The van der Waals surface area contributed by atoms with E-state index in [1.165, 1.54) is 18.2 Å². The predicted octanol–water partition coefficient (Wildman–Crippen LogP) is 4.38. The number of hydrogen-bond acceptors (Lipinski definition) is 4. The third-order valence-electron chi connectivity index (χ3n) is 4.48. The zero-order valence-electron chi connectivity index (χ0n) is 14.2. The van der Waals surface area contributed by atoms with Gasteiger partial charge in [0.1, 0.15) is 5.54 Å². The first-order valence-corrected chi connectivity index (χ1v) is 8.36. The number of carbonyl (C=O) groups excluding carboxylic acids is 1. The summed E-state index contributed by atoms with van der Waals surface area (Å²) in [5.74, 6) is 0.725. The maximum absolute atomic E-state index is 13.1. The van der Waals surface area contributed by atoms with Crippen LogP contribution < -0.4 is 10.6 Å². The Bertz CT molecular complexity index is 782. The first-order chi connectivity index (χ1) is 12.3. The summed E-state index contributed by atoms with van der Waals surface area (Å²) in [6, 6.07) is 4.11. The smallest absolute Gasteiger partial charge is 0.337 e. The third kappa shape index (κ3) is 3.81. The lowest BCUT2D eigenvalue weighted by Gasteiger charge is -2.34. The van der Waals surface area contributed by atoms with Gasteiger partial charge in [-0.3, -0.25) is 0 Å². The molecular formula is C17H19F3N4O2. The summed E-state index contributed by atoms with van der Waals surface area (Å²) < 4.78 is 44.5. The van der Waals surface area contributed by atoms with Gasteiger partial charge in [0.25, 0.3) is 5.89 Å². The molecular weight excluding hydrogens is 349 g/mol. The molecule has 1 fully saturated rings. The van der Waals surface area contributed by atoms with Crippen molar-refractivity contribution >= 4 is 11.7 Å². The van der Waals surface area contributed by atoms with Crippen LogP contribution in [0.1, 0.15) is 49.4 Å². The van der Waals surface area contributed by atoms with E-state index in [0.29, 0.717) is 18.7 Å². The van der Waals surface area contributed by atoms with Crippen molar-refractivity contribution in [2.75, 3.05) is 5.32 Å². The number of nitrogens with one attached hydrogen (secondary N) is 2. The molecule has 2 amide bonds. The highest BCUT2D eigenvalue weighted by atomic mass is 19.4. The fourth-order valence-electron chi connectivity index (χ4n) is 3.25. The highest BCUT2D eigenvalue weighted by Crippen LogP contribution is 2.37. The van der Waals surface area contributed by atoms with Gasteiger partial charge < -0.3 is 15.2 Å². The minimum atomic E-state index is -4.56. The second kappa shape index (κ2) is 6.97. The number of benzene rings is 1. The number of alkyl halides is 3. The molecule has 140 valence electrons. The minimum Gasteiger partial charge on any atom is -0.337 e. The van der Waals surface area contributed by atoms with Gasteiger partial charge in [-0.15, -0.1) is 0 Å². The molecule has 1 aliphatic carbocycles. The monoisotopic (exact) mass is 368 g/mol. The van der Waals surface area contributed by atoms with E-state index in [9.17, 15) is 18.0 Å². The number of para-hydroxylation sites is 1. The van der Waals surface area contributed by atoms with Crippen molar-refractivity contribution in [3.8, 4) is 0 Å². The fraction of sp³-hybridized carbons (Fsp3) is 0.471. The molecule has 1 saturated carbocycles. The van der Waals surface area contributed by atoms with Crippen molar-refractivity contribution in [2.45, 2.75) is 50.7 Å². The molecule has 6 nitrogen and oxygen atoms in total. The van der Waals surface area contributed by atoms with Crippen LogP contribution in [0, 0.1) is 6.92 Å². The van der Waals surface area contributed by atoms with Crippen LogP contribution in [0.2, 0.25) is 0 Å². The zero-order valence-corrected chi connectivity index (χ0v) is 14.2. The Labute approximate surface area is 148 Å². The van der Waals surface area contributed by atoms with Gasteiger partial charge >= 0.3 is 12.2 Å². The lowest BCUT2D eigenvalue weighted by molar-refractivity contribution is -0.136. The summed E-state index contributed by atoms with van der Waals surface area (Å²) in [5.41, 5.74) is -2.07. The largest absolute Gasteiger partial charge is 0.418 e. The Balaban J connectivity index is 1.82. The van der Waals surface area contributed by atoms with Crippen molar-refractivity contribution in [1.29, 1.82) is 0 Å². The van der Waals surface area contributed by atoms with Crippen molar-refractivity contribution < 1.29 is 22.5 Å². The van der Waals surface area contributed by atoms with E-state index in [1.54, 1.807) is 6.92 Å². The van der Waals surface area contributed by atoms with Crippen LogP contribution >= 0.6 is 0 Å². The Kier molecular flexibility index (Phi) is 4.88. The molecule has 0 bridgehead atoms. The standard InChI is InChI=1S/C17H19F3N4O2/c1-11-21-14(26-24-11)16(9-5-2-6-10-16)23-15(25)22-13-8-4-3-7-12(13)17(18,19)20/h3-4,7-8H,2,5-6,9-10H2,1H3,(H2,22,23,25). The molecule has 0 unspecified atom stereocenters. The molecule has 1 aromatic carbocycles. The van der Waals surface area contributed by atoms with E-state index in [4.69, 9.17) is 4.52 Å². The summed E-state index contributed by atoms with van der Waals surface area (Å²) in [5, 5.41) is 8.85. The second-order valence-electron chi connectivity index (χ2n) is 6.41. The first-order valence-electron chi connectivity index (χ1n) is 8.36. The van der Waals surface area contributed by atoms with Gasteiger partial charge in [-0.05, 0) is 31.9 Å².